The van der Waals surface area contributed by atoms with E-state index in [2.05, 4.69) is 10.0 Å². The SMILES string of the molecule is CC1=NN(c2ccccc2)C(=O)/C1=C/N1CCOCC1. The standard InChI is InChI=1S/C15H17N3O2/c1-12-14(11-17-7-9-20-10-8-17)15(19)18(16-12)13-5-3-2-4-6-13/h2-6,11H,7-10H2,1H3/b14-11+. The molecule has 1 amide bonds. The molecule has 0 aromatic heterocycles. The predicted octanol–water partition coefficient (Wildman–Crippen LogP) is 1.63. The molecule has 0 spiro atoms. The van der Waals surface area contributed by atoms with Crippen molar-refractivity contribution in [3.8, 4) is 0 Å². The summed E-state index contributed by atoms with van der Waals surface area (Å²) in [6.07, 6.45) is 1.91. The van der Waals surface area contributed by atoms with Crippen LogP contribution in [0, 0.1) is 0 Å². The van der Waals surface area contributed by atoms with E-state index >= 15 is 0 Å². The van der Waals surface area contributed by atoms with Crippen LogP contribution in [0.1, 0.15) is 6.92 Å². The molecule has 20 heavy (non-hydrogen) atoms. The summed E-state index contributed by atoms with van der Waals surface area (Å²) in [5.41, 5.74) is 2.21. The maximum atomic E-state index is 12.5. The van der Waals surface area contributed by atoms with Crippen molar-refractivity contribution in [2.24, 2.45) is 5.10 Å². The Labute approximate surface area is 118 Å². The molecule has 2 aliphatic rings. The number of carbonyl (C=O) groups excluding carboxylic acids is 1. The normalized spacial score (nSPS) is 21.6. The van der Waals surface area contributed by atoms with Gasteiger partial charge in [0.25, 0.3) is 5.91 Å². The van der Waals surface area contributed by atoms with E-state index in [0.29, 0.717) is 18.8 Å². The summed E-state index contributed by atoms with van der Waals surface area (Å²) in [6.45, 7) is 4.91. The summed E-state index contributed by atoms with van der Waals surface area (Å²) in [5, 5.41) is 5.82. The third-order valence-electron chi connectivity index (χ3n) is 3.42. The van der Waals surface area contributed by atoms with Gasteiger partial charge in [0.15, 0.2) is 0 Å². The van der Waals surface area contributed by atoms with Gasteiger partial charge in [-0.2, -0.15) is 10.1 Å². The molecule has 3 rings (SSSR count). The third-order valence-corrected chi connectivity index (χ3v) is 3.42. The third kappa shape index (κ3) is 2.44. The van der Waals surface area contributed by atoms with Crippen LogP contribution in [-0.4, -0.2) is 42.8 Å². The van der Waals surface area contributed by atoms with Gasteiger partial charge in [-0.1, -0.05) is 18.2 Å². The highest BCUT2D eigenvalue weighted by Gasteiger charge is 2.29. The lowest BCUT2D eigenvalue weighted by Gasteiger charge is -2.25. The van der Waals surface area contributed by atoms with E-state index in [4.69, 9.17) is 4.74 Å². The first-order valence-electron chi connectivity index (χ1n) is 6.74. The molecule has 0 radical (unpaired) electrons. The molecule has 104 valence electrons. The van der Waals surface area contributed by atoms with Crippen molar-refractivity contribution in [1.29, 1.82) is 0 Å². The number of rotatable bonds is 2. The smallest absolute Gasteiger partial charge is 0.282 e. The second kappa shape index (κ2) is 5.46. The first-order valence-corrected chi connectivity index (χ1v) is 6.74. The van der Waals surface area contributed by atoms with Gasteiger partial charge in [0.1, 0.15) is 0 Å². The number of nitrogens with zero attached hydrogens (tertiary/aromatic N) is 3. The number of carbonyl (C=O) groups is 1. The van der Waals surface area contributed by atoms with Crippen LogP contribution < -0.4 is 5.01 Å². The van der Waals surface area contributed by atoms with Gasteiger partial charge in [-0.15, -0.1) is 0 Å². The fourth-order valence-electron chi connectivity index (χ4n) is 2.30. The van der Waals surface area contributed by atoms with Gasteiger partial charge in [0, 0.05) is 19.3 Å². The number of anilines is 1. The predicted molar refractivity (Wildman–Crippen MR) is 77.5 cm³/mol. The second-order valence-corrected chi connectivity index (χ2v) is 4.83. The average Bonchev–Trinajstić information content (AvgIpc) is 2.77. The van der Waals surface area contributed by atoms with Crippen molar-refractivity contribution in [3.63, 3.8) is 0 Å². The van der Waals surface area contributed by atoms with Gasteiger partial charge < -0.3 is 9.64 Å². The zero-order valence-corrected chi connectivity index (χ0v) is 11.5. The molecular formula is C15H17N3O2. The summed E-state index contributed by atoms with van der Waals surface area (Å²) >= 11 is 0. The van der Waals surface area contributed by atoms with Crippen molar-refractivity contribution < 1.29 is 9.53 Å². The highest BCUT2D eigenvalue weighted by Crippen LogP contribution is 2.23. The lowest BCUT2D eigenvalue weighted by Crippen LogP contribution is -2.33. The van der Waals surface area contributed by atoms with Crippen molar-refractivity contribution >= 4 is 17.3 Å². The topological polar surface area (TPSA) is 45.1 Å². The van der Waals surface area contributed by atoms with Gasteiger partial charge in [0.05, 0.1) is 30.2 Å². The van der Waals surface area contributed by atoms with Gasteiger partial charge in [0.2, 0.25) is 0 Å². The van der Waals surface area contributed by atoms with E-state index < -0.39 is 0 Å². The van der Waals surface area contributed by atoms with Crippen LogP contribution in [0.5, 0.6) is 0 Å². The van der Waals surface area contributed by atoms with Crippen LogP contribution in [0.25, 0.3) is 0 Å². The number of morpholine rings is 1. The Morgan fingerprint density at radius 2 is 1.90 bits per heavy atom. The Morgan fingerprint density at radius 3 is 2.60 bits per heavy atom. The molecule has 0 aliphatic carbocycles. The summed E-state index contributed by atoms with van der Waals surface area (Å²) in [4.78, 5) is 14.6. The summed E-state index contributed by atoms with van der Waals surface area (Å²) in [7, 11) is 0. The highest BCUT2D eigenvalue weighted by atomic mass is 16.5. The first kappa shape index (κ1) is 12.9. The molecule has 2 aliphatic heterocycles. The fourth-order valence-corrected chi connectivity index (χ4v) is 2.30. The van der Waals surface area contributed by atoms with Crippen LogP contribution >= 0.6 is 0 Å². The Hall–Kier alpha value is -2.14. The number of para-hydroxylation sites is 1. The summed E-state index contributed by atoms with van der Waals surface area (Å²) in [6, 6.07) is 9.48. The molecule has 5 heteroatoms. The zero-order valence-electron chi connectivity index (χ0n) is 11.5. The quantitative estimate of drug-likeness (QED) is 0.768. The van der Waals surface area contributed by atoms with Gasteiger partial charge in [-0.05, 0) is 19.1 Å². The molecular weight excluding hydrogens is 254 g/mol. The second-order valence-electron chi connectivity index (χ2n) is 4.83. The summed E-state index contributed by atoms with van der Waals surface area (Å²) < 4.78 is 5.31. The Bertz CT molecular complexity index is 560. The minimum absolute atomic E-state index is 0.0693. The molecule has 1 fully saturated rings. The number of hydrazone groups is 1. The van der Waals surface area contributed by atoms with Crippen LogP contribution in [0.15, 0.2) is 47.2 Å². The largest absolute Gasteiger partial charge is 0.378 e. The van der Waals surface area contributed by atoms with Gasteiger partial charge in [-0.25, -0.2) is 0 Å². The Morgan fingerprint density at radius 1 is 1.20 bits per heavy atom. The van der Waals surface area contributed by atoms with E-state index in [1.54, 1.807) is 0 Å². The minimum atomic E-state index is -0.0693. The Balaban J connectivity index is 1.83. The molecule has 5 nitrogen and oxygen atoms in total. The number of ether oxygens (including phenoxy) is 1. The lowest BCUT2D eigenvalue weighted by molar-refractivity contribution is -0.114. The van der Waals surface area contributed by atoms with E-state index in [0.717, 1.165) is 24.5 Å². The van der Waals surface area contributed by atoms with Gasteiger partial charge in [-0.3, -0.25) is 4.79 Å². The zero-order chi connectivity index (χ0) is 13.9. The molecule has 1 aromatic carbocycles. The van der Waals surface area contributed by atoms with E-state index in [1.807, 2.05) is 43.5 Å². The molecule has 0 bridgehead atoms. The number of benzene rings is 1. The number of hydrogen-bond donors (Lipinski definition) is 0. The van der Waals surface area contributed by atoms with Crippen molar-refractivity contribution in [3.05, 3.63) is 42.1 Å². The molecule has 1 aromatic rings. The van der Waals surface area contributed by atoms with E-state index in [-0.39, 0.29) is 5.91 Å². The maximum Gasteiger partial charge on any atom is 0.282 e. The van der Waals surface area contributed by atoms with E-state index in [1.165, 1.54) is 5.01 Å². The monoisotopic (exact) mass is 271 g/mol. The number of amides is 1. The molecule has 0 unspecified atom stereocenters. The van der Waals surface area contributed by atoms with Crippen LogP contribution in [0.3, 0.4) is 0 Å². The van der Waals surface area contributed by atoms with Crippen LogP contribution in [0.4, 0.5) is 5.69 Å². The lowest BCUT2D eigenvalue weighted by atomic mass is 10.2. The average molecular weight is 271 g/mol. The fraction of sp³-hybridized carbons (Fsp3) is 0.333. The molecule has 0 N–H and O–H groups in total. The first-order chi connectivity index (χ1) is 9.75. The summed E-state index contributed by atoms with van der Waals surface area (Å²) in [5.74, 6) is -0.0693. The van der Waals surface area contributed by atoms with Crippen LogP contribution in [-0.2, 0) is 9.53 Å². The molecule has 1 saturated heterocycles. The number of hydrogen-bond acceptors (Lipinski definition) is 4. The minimum Gasteiger partial charge on any atom is -0.378 e. The van der Waals surface area contributed by atoms with E-state index in [9.17, 15) is 4.79 Å². The molecule has 0 atom stereocenters. The Kier molecular flexibility index (Phi) is 3.52. The van der Waals surface area contributed by atoms with Crippen molar-refractivity contribution in [1.82, 2.24) is 4.90 Å². The van der Waals surface area contributed by atoms with Crippen molar-refractivity contribution in [2.45, 2.75) is 6.92 Å². The molecule has 2 heterocycles. The highest BCUT2D eigenvalue weighted by molar-refractivity contribution is 6.29. The van der Waals surface area contributed by atoms with Crippen molar-refractivity contribution in [2.75, 3.05) is 31.3 Å². The molecule has 0 saturated carbocycles. The van der Waals surface area contributed by atoms with Gasteiger partial charge >= 0.3 is 0 Å². The van der Waals surface area contributed by atoms with Crippen LogP contribution in [0.2, 0.25) is 0 Å². The maximum absolute atomic E-state index is 12.5.